The van der Waals surface area contributed by atoms with Gasteiger partial charge in [0, 0.05) is 24.9 Å². The van der Waals surface area contributed by atoms with Crippen LogP contribution in [0.4, 0.5) is 0 Å². The Morgan fingerprint density at radius 3 is 2.22 bits per heavy atom. The number of rotatable bonds is 11. The highest BCUT2D eigenvalue weighted by molar-refractivity contribution is 7.77. The molecule has 7 heteroatoms. The summed E-state index contributed by atoms with van der Waals surface area (Å²) < 4.78 is 4.92. The van der Waals surface area contributed by atoms with E-state index in [1.54, 1.807) is 24.3 Å². The lowest BCUT2D eigenvalue weighted by molar-refractivity contribution is -0.143. The van der Waals surface area contributed by atoms with E-state index < -0.39 is 0 Å². The molecule has 0 fully saturated rings. The highest BCUT2D eigenvalue weighted by Gasteiger charge is 2.34. The maximum absolute atomic E-state index is 12.4. The van der Waals surface area contributed by atoms with Crippen LogP contribution in [0.5, 0.6) is 0 Å². The van der Waals surface area contributed by atoms with E-state index in [0.29, 0.717) is 30.7 Å². The molecule has 0 unspecified atom stereocenters. The molecule has 0 bridgehead atoms. The van der Waals surface area contributed by atoms with Gasteiger partial charge in [-0.3, -0.25) is 24.3 Å². The van der Waals surface area contributed by atoms with Crippen LogP contribution in [0.1, 0.15) is 71.0 Å². The number of carbonyl (C=O) groups is 3. The minimum absolute atomic E-state index is 0.137. The number of amides is 2. The zero-order chi connectivity index (χ0) is 23.3. The van der Waals surface area contributed by atoms with Crippen molar-refractivity contribution in [1.82, 2.24) is 9.88 Å². The van der Waals surface area contributed by atoms with Gasteiger partial charge < -0.3 is 4.74 Å². The third-order valence-corrected chi connectivity index (χ3v) is 5.23. The van der Waals surface area contributed by atoms with Crippen molar-refractivity contribution in [2.75, 3.05) is 13.2 Å². The molecule has 0 aliphatic carbocycles. The second kappa shape index (κ2) is 13.5. The quantitative estimate of drug-likeness (QED) is 0.214. The lowest BCUT2D eigenvalue weighted by atomic mass is 10.1. The molecule has 32 heavy (non-hydrogen) atoms. The van der Waals surface area contributed by atoms with Crippen molar-refractivity contribution in [3.8, 4) is 0 Å². The number of ether oxygens (including phenoxy) is 1. The molecular weight excluding hydrogens is 424 g/mol. The van der Waals surface area contributed by atoms with Crippen molar-refractivity contribution in [3.63, 3.8) is 0 Å². The van der Waals surface area contributed by atoms with E-state index in [0.717, 1.165) is 49.8 Å². The Hall–Kier alpha value is -2.93. The van der Waals surface area contributed by atoms with Gasteiger partial charge in [0.15, 0.2) is 0 Å². The van der Waals surface area contributed by atoms with E-state index in [1.807, 2.05) is 19.2 Å². The predicted octanol–water partition coefficient (Wildman–Crippen LogP) is 4.59. The molecule has 1 aliphatic rings. The number of carbonyl (C=O) groups excluding carboxylic acids is 3. The highest BCUT2D eigenvalue weighted by atomic mass is 32.1. The Morgan fingerprint density at radius 2 is 1.62 bits per heavy atom. The van der Waals surface area contributed by atoms with E-state index in [1.165, 1.54) is 4.90 Å². The fourth-order valence-electron chi connectivity index (χ4n) is 3.60. The Bertz CT molecular complexity index is 879. The van der Waals surface area contributed by atoms with Gasteiger partial charge in [-0.05, 0) is 75.1 Å². The van der Waals surface area contributed by atoms with Gasteiger partial charge in [0.2, 0.25) is 0 Å². The van der Waals surface area contributed by atoms with E-state index in [-0.39, 0.29) is 17.8 Å². The van der Waals surface area contributed by atoms with E-state index in [4.69, 9.17) is 4.74 Å². The number of esters is 1. The number of benzene rings is 1. The second-order valence-electron chi connectivity index (χ2n) is 7.43. The predicted molar refractivity (Wildman–Crippen MR) is 128 cm³/mol. The molecule has 0 spiro atoms. The second-order valence-corrected chi connectivity index (χ2v) is 7.43. The summed E-state index contributed by atoms with van der Waals surface area (Å²) in [5.74, 6) is 2.32. The third-order valence-electron chi connectivity index (χ3n) is 5.23. The van der Waals surface area contributed by atoms with Crippen molar-refractivity contribution in [2.45, 2.75) is 51.9 Å². The molecule has 170 valence electrons. The lowest BCUT2D eigenvalue weighted by Crippen LogP contribution is -2.30. The molecule has 0 atom stereocenters. The number of aromatic nitrogens is 1. The third kappa shape index (κ3) is 7.05. The summed E-state index contributed by atoms with van der Waals surface area (Å²) in [7, 11) is 0. The molecule has 1 aliphatic heterocycles. The Morgan fingerprint density at radius 1 is 0.969 bits per heavy atom. The molecule has 3 rings (SSSR count). The fraction of sp³-hybridized carbons (Fsp3) is 0.400. The average molecular weight is 455 g/mol. The van der Waals surface area contributed by atoms with Crippen molar-refractivity contribution in [3.05, 3.63) is 65.0 Å². The topological polar surface area (TPSA) is 76.6 Å². The number of pyridine rings is 1. The van der Waals surface area contributed by atoms with Gasteiger partial charge in [0.1, 0.15) is 0 Å². The van der Waals surface area contributed by atoms with Crippen molar-refractivity contribution >= 4 is 35.9 Å². The number of hydrogen-bond acceptors (Lipinski definition) is 6. The molecular formula is C25H30N2O4S. The van der Waals surface area contributed by atoms with Crippen LogP contribution in [0.15, 0.2) is 42.6 Å². The molecule has 2 amide bonds. The van der Waals surface area contributed by atoms with Gasteiger partial charge >= 0.3 is 5.97 Å². The molecule has 1 aromatic carbocycles. The lowest BCUT2D eigenvalue weighted by Gasteiger charge is -2.13. The van der Waals surface area contributed by atoms with Gasteiger partial charge in [-0.1, -0.05) is 30.4 Å². The first-order chi connectivity index (χ1) is 15.6. The van der Waals surface area contributed by atoms with Gasteiger partial charge in [-0.2, -0.15) is 0 Å². The van der Waals surface area contributed by atoms with Crippen molar-refractivity contribution in [2.24, 2.45) is 0 Å². The van der Waals surface area contributed by atoms with Gasteiger partial charge in [-0.15, -0.1) is 0 Å². The van der Waals surface area contributed by atoms with E-state index in [2.05, 4.69) is 29.1 Å². The maximum Gasteiger partial charge on any atom is 0.305 e. The minimum Gasteiger partial charge on any atom is -0.466 e. The van der Waals surface area contributed by atoms with E-state index >= 15 is 0 Å². The number of thiocarbonyl (C=S) groups is 1. The molecule has 0 radical (unpaired) electrons. The number of hydrogen-bond donors (Lipinski definition) is 0. The smallest absolute Gasteiger partial charge is 0.305 e. The molecule has 1 aromatic heterocycles. The molecule has 0 saturated carbocycles. The molecule has 6 nitrogen and oxygen atoms in total. The van der Waals surface area contributed by atoms with Crippen LogP contribution >= 0.6 is 12.2 Å². The molecule has 2 aromatic rings. The van der Waals surface area contributed by atoms with Crippen LogP contribution in [0.25, 0.3) is 0 Å². The Kier molecular flexibility index (Phi) is 10.7. The van der Waals surface area contributed by atoms with Crippen LogP contribution in [0.2, 0.25) is 0 Å². The zero-order valence-corrected chi connectivity index (χ0v) is 19.4. The summed E-state index contributed by atoms with van der Waals surface area (Å²) in [4.78, 5) is 41.9. The standard InChI is InChI=1S/C24H28N2O4.CH2S/c1-2-30-22(27)13-6-3-10-19-15-14-18(17-25-19)9-7-8-16-26-23(28)20-11-4-5-12-21(20)24(26)29;1-2/h4-5,11-12,14-15,17H,2-3,6-10,13,16H2,1H3;1H2. The van der Waals surface area contributed by atoms with E-state index in [9.17, 15) is 14.4 Å². The van der Waals surface area contributed by atoms with Gasteiger partial charge in [0.05, 0.1) is 17.7 Å². The summed E-state index contributed by atoms with van der Waals surface area (Å²) in [5.41, 5.74) is 3.18. The van der Waals surface area contributed by atoms with Gasteiger partial charge in [0.25, 0.3) is 11.8 Å². The fourth-order valence-corrected chi connectivity index (χ4v) is 3.60. The van der Waals surface area contributed by atoms with Crippen LogP contribution in [0.3, 0.4) is 0 Å². The van der Waals surface area contributed by atoms with Crippen LogP contribution in [-0.4, -0.2) is 46.7 Å². The number of nitrogens with zero attached hydrogens (tertiary/aromatic N) is 2. The van der Waals surface area contributed by atoms with Crippen LogP contribution in [0, 0.1) is 0 Å². The first kappa shape index (κ1) is 25.3. The summed E-state index contributed by atoms with van der Waals surface area (Å²) in [5, 5.41) is 0. The van der Waals surface area contributed by atoms with Crippen LogP contribution < -0.4 is 0 Å². The SMILES string of the molecule is C=S.CCOC(=O)CCCCc1ccc(CCCCN2C(=O)c3ccccc3C2=O)cn1. The monoisotopic (exact) mass is 454 g/mol. The average Bonchev–Trinajstić information content (AvgIpc) is 3.07. The maximum atomic E-state index is 12.4. The number of aryl methyl sites for hydroxylation is 2. The van der Waals surface area contributed by atoms with Crippen LogP contribution in [-0.2, 0) is 22.4 Å². The van der Waals surface area contributed by atoms with Crippen molar-refractivity contribution < 1.29 is 19.1 Å². The largest absolute Gasteiger partial charge is 0.466 e. The Balaban J connectivity index is 0.00000176. The highest BCUT2D eigenvalue weighted by Crippen LogP contribution is 2.22. The number of unbranched alkanes of at least 4 members (excludes halogenated alkanes) is 2. The molecule has 0 saturated heterocycles. The first-order valence-electron chi connectivity index (χ1n) is 10.9. The summed E-state index contributed by atoms with van der Waals surface area (Å²) in [6, 6.07) is 11.1. The summed E-state index contributed by atoms with van der Waals surface area (Å²) in [6.45, 7) is 2.69. The molecule has 2 heterocycles. The normalized spacial score (nSPS) is 12.2. The minimum atomic E-state index is -0.190. The number of fused-ring (bicyclic) bond motifs is 1. The molecule has 0 N–H and O–H groups in total. The summed E-state index contributed by atoms with van der Waals surface area (Å²) in [6.07, 6.45) is 7.42. The Labute approximate surface area is 195 Å². The first-order valence-corrected chi connectivity index (χ1v) is 11.5. The zero-order valence-electron chi connectivity index (χ0n) is 18.5. The number of imide groups is 1. The van der Waals surface area contributed by atoms with Gasteiger partial charge in [-0.25, -0.2) is 0 Å². The van der Waals surface area contributed by atoms with Crippen molar-refractivity contribution in [1.29, 1.82) is 0 Å². The summed E-state index contributed by atoms with van der Waals surface area (Å²) >= 11 is 3.83.